The lowest BCUT2D eigenvalue weighted by Gasteiger charge is -2.21. The maximum absolute atomic E-state index is 11.1. The number of furan rings is 1. The number of aryl methyl sites for hydroxylation is 2. The topological polar surface area (TPSA) is 33.5 Å². The molecular weight excluding hydrogens is 226 g/mol. The number of rotatable bonds is 4. The van der Waals surface area contributed by atoms with Crippen LogP contribution < -0.4 is 4.90 Å². The van der Waals surface area contributed by atoms with E-state index >= 15 is 0 Å². The van der Waals surface area contributed by atoms with Crippen LogP contribution in [0, 0.1) is 13.8 Å². The molecule has 94 valence electrons. The van der Waals surface area contributed by atoms with E-state index < -0.39 is 0 Å². The molecule has 1 heterocycles. The van der Waals surface area contributed by atoms with Gasteiger partial charge in [-0.25, -0.2) is 0 Å². The van der Waals surface area contributed by atoms with Gasteiger partial charge in [0.25, 0.3) is 0 Å². The van der Waals surface area contributed by atoms with Crippen LogP contribution in [0.25, 0.3) is 0 Å². The molecule has 18 heavy (non-hydrogen) atoms. The molecule has 2 rings (SSSR count). The summed E-state index contributed by atoms with van der Waals surface area (Å²) < 4.78 is 5.28. The van der Waals surface area contributed by atoms with Crippen LogP contribution in [0.3, 0.4) is 0 Å². The van der Waals surface area contributed by atoms with Crippen LogP contribution in [0.4, 0.5) is 5.69 Å². The molecule has 0 fully saturated rings. The highest BCUT2D eigenvalue weighted by Crippen LogP contribution is 2.22. The first kappa shape index (κ1) is 12.4. The van der Waals surface area contributed by atoms with Crippen molar-refractivity contribution in [3.05, 3.63) is 53.0 Å². The zero-order chi connectivity index (χ0) is 13.1. The second-order valence-electron chi connectivity index (χ2n) is 4.54. The van der Waals surface area contributed by atoms with Gasteiger partial charge in [-0.05, 0) is 32.0 Å². The van der Waals surface area contributed by atoms with Crippen molar-refractivity contribution in [2.45, 2.75) is 20.4 Å². The predicted molar refractivity (Wildman–Crippen MR) is 72.1 cm³/mol. The van der Waals surface area contributed by atoms with E-state index in [-0.39, 0.29) is 0 Å². The SMILES string of the molecule is Cc1ccc(N(C)Cc2ccoc2C)c(C=O)c1. The smallest absolute Gasteiger partial charge is 0.152 e. The zero-order valence-corrected chi connectivity index (χ0v) is 10.9. The number of carbonyl (C=O) groups is 1. The van der Waals surface area contributed by atoms with Crippen molar-refractivity contribution in [1.29, 1.82) is 0 Å². The maximum atomic E-state index is 11.1. The van der Waals surface area contributed by atoms with Crippen molar-refractivity contribution in [3.8, 4) is 0 Å². The third-order valence-electron chi connectivity index (χ3n) is 3.10. The lowest BCUT2D eigenvalue weighted by atomic mass is 10.1. The molecule has 1 aromatic carbocycles. The summed E-state index contributed by atoms with van der Waals surface area (Å²) >= 11 is 0. The first-order valence-electron chi connectivity index (χ1n) is 5.91. The molecule has 0 unspecified atom stereocenters. The highest BCUT2D eigenvalue weighted by atomic mass is 16.3. The maximum Gasteiger partial charge on any atom is 0.152 e. The highest BCUT2D eigenvalue weighted by Gasteiger charge is 2.10. The molecule has 0 atom stereocenters. The molecule has 0 saturated heterocycles. The van der Waals surface area contributed by atoms with Gasteiger partial charge in [0.15, 0.2) is 6.29 Å². The molecule has 0 saturated carbocycles. The fraction of sp³-hybridized carbons (Fsp3) is 0.267. The Kier molecular flexibility index (Phi) is 3.51. The van der Waals surface area contributed by atoms with Gasteiger partial charge in [-0.2, -0.15) is 0 Å². The van der Waals surface area contributed by atoms with E-state index in [0.29, 0.717) is 0 Å². The first-order valence-corrected chi connectivity index (χ1v) is 5.91. The van der Waals surface area contributed by atoms with E-state index in [1.54, 1.807) is 6.26 Å². The molecule has 0 amide bonds. The van der Waals surface area contributed by atoms with Gasteiger partial charge >= 0.3 is 0 Å². The summed E-state index contributed by atoms with van der Waals surface area (Å²) in [4.78, 5) is 13.2. The molecule has 3 heteroatoms. The molecule has 0 bridgehead atoms. The Labute approximate surface area is 107 Å². The standard InChI is InChI=1S/C15H17NO2/c1-11-4-5-15(14(8-11)10-17)16(3)9-13-6-7-18-12(13)2/h4-8,10H,9H2,1-3H3. The molecule has 0 aliphatic rings. The van der Waals surface area contributed by atoms with Crippen molar-refractivity contribution in [3.63, 3.8) is 0 Å². The molecule has 0 N–H and O–H groups in total. The molecule has 0 radical (unpaired) electrons. The van der Waals surface area contributed by atoms with Gasteiger partial charge in [0.05, 0.1) is 6.26 Å². The minimum atomic E-state index is 0.721. The van der Waals surface area contributed by atoms with Crippen molar-refractivity contribution >= 4 is 12.0 Å². The van der Waals surface area contributed by atoms with E-state index in [1.165, 1.54) is 0 Å². The van der Waals surface area contributed by atoms with Crippen molar-refractivity contribution < 1.29 is 9.21 Å². The monoisotopic (exact) mass is 243 g/mol. The average molecular weight is 243 g/mol. The summed E-state index contributed by atoms with van der Waals surface area (Å²) in [5.41, 5.74) is 3.89. The van der Waals surface area contributed by atoms with Crippen molar-refractivity contribution in [1.82, 2.24) is 0 Å². The second-order valence-corrected chi connectivity index (χ2v) is 4.54. The van der Waals surface area contributed by atoms with E-state index in [2.05, 4.69) is 4.90 Å². The van der Waals surface area contributed by atoms with Crippen LogP contribution >= 0.6 is 0 Å². The Morgan fingerprint density at radius 3 is 2.67 bits per heavy atom. The van der Waals surface area contributed by atoms with Crippen LogP contribution in [0.2, 0.25) is 0 Å². The molecule has 2 aromatic rings. The third-order valence-corrected chi connectivity index (χ3v) is 3.10. The predicted octanol–water partition coefficient (Wildman–Crippen LogP) is 3.35. The third kappa shape index (κ3) is 2.45. The summed E-state index contributed by atoms with van der Waals surface area (Å²) in [5, 5.41) is 0. The van der Waals surface area contributed by atoms with Crippen LogP contribution in [0.5, 0.6) is 0 Å². The quantitative estimate of drug-likeness (QED) is 0.772. The van der Waals surface area contributed by atoms with Gasteiger partial charge in [-0.15, -0.1) is 0 Å². The number of hydrogen-bond acceptors (Lipinski definition) is 3. The van der Waals surface area contributed by atoms with E-state index in [9.17, 15) is 4.79 Å². The van der Waals surface area contributed by atoms with Gasteiger partial charge in [0.1, 0.15) is 5.76 Å². The Balaban J connectivity index is 2.26. The normalized spacial score (nSPS) is 10.4. The van der Waals surface area contributed by atoms with Crippen LogP contribution in [0.15, 0.2) is 34.9 Å². The molecule has 3 nitrogen and oxygen atoms in total. The fourth-order valence-corrected chi connectivity index (χ4v) is 2.03. The Bertz CT molecular complexity index is 557. The van der Waals surface area contributed by atoms with Gasteiger partial charge in [0.2, 0.25) is 0 Å². The van der Waals surface area contributed by atoms with Gasteiger partial charge in [-0.3, -0.25) is 4.79 Å². The highest BCUT2D eigenvalue weighted by molar-refractivity contribution is 5.84. The van der Waals surface area contributed by atoms with Crippen LogP contribution in [-0.4, -0.2) is 13.3 Å². The minimum absolute atomic E-state index is 0.721. The van der Waals surface area contributed by atoms with E-state index in [4.69, 9.17) is 4.42 Å². The van der Waals surface area contributed by atoms with E-state index in [0.717, 1.165) is 41.0 Å². The minimum Gasteiger partial charge on any atom is -0.469 e. The molecule has 0 aliphatic heterocycles. The lowest BCUT2D eigenvalue weighted by Crippen LogP contribution is -2.18. The Hall–Kier alpha value is -2.03. The number of nitrogens with zero attached hydrogens (tertiary/aromatic N) is 1. The molecule has 0 aliphatic carbocycles. The number of benzene rings is 1. The largest absolute Gasteiger partial charge is 0.469 e. The summed E-state index contributed by atoms with van der Waals surface area (Å²) in [5.74, 6) is 0.918. The summed E-state index contributed by atoms with van der Waals surface area (Å²) in [6, 6.07) is 7.86. The van der Waals surface area contributed by atoms with Gasteiger partial charge < -0.3 is 9.32 Å². The number of anilines is 1. The number of aldehydes is 1. The molecular formula is C15H17NO2. The first-order chi connectivity index (χ1) is 8.61. The van der Waals surface area contributed by atoms with Crippen molar-refractivity contribution in [2.75, 3.05) is 11.9 Å². The molecule has 0 spiro atoms. The number of carbonyl (C=O) groups excluding carboxylic acids is 1. The Morgan fingerprint density at radius 2 is 2.06 bits per heavy atom. The fourth-order valence-electron chi connectivity index (χ4n) is 2.03. The summed E-state index contributed by atoms with van der Waals surface area (Å²) in [7, 11) is 1.98. The van der Waals surface area contributed by atoms with Crippen molar-refractivity contribution in [2.24, 2.45) is 0 Å². The second kappa shape index (κ2) is 5.08. The Morgan fingerprint density at radius 1 is 1.28 bits per heavy atom. The lowest BCUT2D eigenvalue weighted by molar-refractivity contribution is 0.112. The van der Waals surface area contributed by atoms with E-state index in [1.807, 2.05) is 45.2 Å². The summed E-state index contributed by atoms with van der Waals surface area (Å²) in [6.07, 6.45) is 2.59. The number of hydrogen-bond donors (Lipinski definition) is 0. The van der Waals surface area contributed by atoms with Crippen LogP contribution in [0.1, 0.15) is 27.2 Å². The summed E-state index contributed by atoms with van der Waals surface area (Å²) in [6.45, 7) is 4.65. The van der Waals surface area contributed by atoms with Crippen LogP contribution in [-0.2, 0) is 6.54 Å². The van der Waals surface area contributed by atoms with Gasteiger partial charge in [-0.1, -0.05) is 11.6 Å². The van der Waals surface area contributed by atoms with Gasteiger partial charge in [0, 0.05) is 30.4 Å². The molecule has 1 aromatic heterocycles. The average Bonchev–Trinajstić information content (AvgIpc) is 2.74. The zero-order valence-electron chi connectivity index (χ0n) is 10.9.